The van der Waals surface area contributed by atoms with Gasteiger partial charge in [0.15, 0.2) is 11.4 Å². The fourth-order valence-electron chi connectivity index (χ4n) is 2.11. The second-order valence-electron chi connectivity index (χ2n) is 5.35. The van der Waals surface area contributed by atoms with Gasteiger partial charge in [0.25, 0.3) is 0 Å². The van der Waals surface area contributed by atoms with E-state index in [2.05, 4.69) is 20.9 Å². The zero-order valence-corrected chi connectivity index (χ0v) is 14.4. The van der Waals surface area contributed by atoms with Gasteiger partial charge in [0.05, 0.1) is 0 Å². The first kappa shape index (κ1) is 15.5. The van der Waals surface area contributed by atoms with Crippen LogP contribution in [0.2, 0.25) is 0 Å². The molecule has 0 saturated carbocycles. The molecule has 0 amide bonds. The molecule has 3 rings (SSSR count). The number of oxazole rings is 1. The Morgan fingerprint density at radius 3 is 2.61 bits per heavy atom. The topological polar surface area (TPSA) is 46.3 Å². The van der Waals surface area contributed by atoms with E-state index in [-0.39, 0.29) is 5.78 Å². The van der Waals surface area contributed by atoms with Crippen molar-refractivity contribution >= 4 is 32.8 Å². The Bertz CT molecular complexity index is 880. The molecule has 0 spiro atoms. The minimum Gasteiger partial charge on any atom is -0.436 e. The highest BCUT2D eigenvalue weighted by atomic mass is 79.9. The van der Waals surface area contributed by atoms with Crippen LogP contribution in [-0.2, 0) is 0 Å². The van der Waals surface area contributed by atoms with Crippen molar-refractivity contribution in [3.8, 4) is 11.5 Å². The molecule has 0 aliphatic rings. The molecule has 0 fully saturated rings. The van der Waals surface area contributed by atoms with Crippen molar-refractivity contribution in [2.75, 3.05) is 14.1 Å². The van der Waals surface area contributed by atoms with Crippen LogP contribution in [0.25, 0.3) is 22.6 Å². The number of carbonyl (C=O) groups is 1. The highest BCUT2D eigenvalue weighted by molar-refractivity contribution is 9.10. The Balaban J connectivity index is 1.87. The van der Waals surface area contributed by atoms with E-state index in [9.17, 15) is 4.79 Å². The van der Waals surface area contributed by atoms with Crippen LogP contribution in [0.4, 0.5) is 0 Å². The summed E-state index contributed by atoms with van der Waals surface area (Å²) in [4.78, 5) is 18.3. The minimum atomic E-state index is -0.0354. The fraction of sp³-hybridized carbons (Fsp3) is 0.111. The highest BCUT2D eigenvalue weighted by Gasteiger charge is 2.09. The number of allylic oxidation sites excluding steroid dienone is 1. The van der Waals surface area contributed by atoms with Crippen LogP contribution in [-0.4, -0.2) is 29.8 Å². The van der Waals surface area contributed by atoms with E-state index in [1.807, 2.05) is 49.3 Å². The van der Waals surface area contributed by atoms with Crippen molar-refractivity contribution in [2.24, 2.45) is 0 Å². The summed E-state index contributed by atoms with van der Waals surface area (Å²) < 4.78 is 6.71. The van der Waals surface area contributed by atoms with E-state index in [0.29, 0.717) is 11.5 Å². The number of benzene rings is 2. The normalized spacial score (nSPS) is 11.3. The summed E-state index contributed by atoms with van der Waals surface area (Å²) in [5.41, 5.74) is 3.00. The number of rotatable bonds is 4. The molecule has 1 heterocycles. The first-order chi connectivity index (χ1) is 11.0. The minimum absolute atomic E-state index is 0.0354. The zero-order chi connectivity index (χ0) is 16.4. The molecule has 0 aliphatic carbocycles. The fourth-order valence-corrected chi connectivity index (χ4v) is 2.45. The summed E-state index contributed by atoms with van der Waals surface area (Å²) in [6.07, 6.45) is 3.28. The first-order valence-corrected chi connectivity index (χ1v) is 7.88. The molecule has 0 radical (unpaired) electrons. The molecule has 5 heteroatoms. The van der Waals surface area contributed by atoms with Crippen LogP contribution in [0, 0.1) is 0 Å². The molecule has 0 saturated heterocycles. The van der Waals surface area contributed by atoms with E-state index in [1.165, 1.54) is 0 Å². The number of hydrogen-bond donors (Lipinski definition) is 0. The quantitative estimate of drug-likeness (QED) is 0.500. The Labute approximate surface area is 142 Å². The summed E-state index contributed by atoms with van der Waals surface area (Å²) in [6.45, 7) is 0. The lowest BCUT2D eigenvalue weighted by atomic mass is 10.1. The first-order valence-electron chi connectivity index (χ1n) is 7.08. The number of ketones is 1. The molecule has 0 unspecified atom stereocenters. The number of fused-ring (bicyclic) bond motifs is 1. The van der Waals surface area contributed by atoms with Crippen LogP contribution in [0.15, 0.2) is 63.6 Å². The van der Waals surface area contributed by atoms with Gasteiger partial charge in [-0.05, 0) is 30.3 Å². The maximum Gasteiger partial charge on any atom is 0.227 e. The van der Waals surface area contributed by atoms with Crippen molar-refractivity contribution in [3.63, 3.8) is 0 Å². The number of carbonyl (C=O) groups excluding carboxylic acids is 1. The van der Waals surface area contributed by atoms with Gasteiger partial charge in [0, 0.05) is 42.0 Å². The molecule has 0 aliphatic heterocycles. The molecule has 116 valence electrons. The van der Waals surface area contributed by atoms with E-state index >= 15 is 0 Å². The molecule has 0 N–H and O–H groups in total. The van der Waals surface area contributed by atoms with Crippen LogP contribution >= 0.6 is 15.9 Å². The van der Waals surface area contributed by atoms with Crippen molar-refractivity contribution in [1.82, 2.24) is 9.88 Å². The maximum atomic E-state index is 12.0. The third kappa shape index (κ3) is 3.51. The summed E-state index contributed by atoms with van der Waals surface area (Å²) in [7, 11) is 3.75. The van der Waals surface area contributed by atoms with Crippen LogP contribution in [0.5, 0.6) is 0 Å². The summed E-state index contributed by atoms with van der Waals surface area (Å²) >= 11 is 3.41. The Kier molecular flexibility index (Phi) is 4.30. The zero-order valence-electron chi connectivity index (χ0n) is 12.8. The van der Waals surface area contributed by atoms with Crippen LogP contribution in [0.1, 0.15) is 10.4 Å². The molecule has 23 heavy (non-hydrogen) atoms. The highest BCUT2D eigenvalue weighted by Crippen LogP contribution is 2.26. The lowest BCUT2D eigenvalue weighted by Gasteiger charge is -2.03. The number of nitrogens with zero attached hydrogens (tertiary/aromatic N) is 2. The van der Waals surface area contributed by atoms with Gasteiger partial charge >= 0.3 is 0 Å². The second-order valence-corrected chi connectivity index (χ2v) is 6.27. The van der Waals surface area contributed by atoms with Crippen molar-refractivity contribution in [1.29, 1.82) is 0 Å². The molecular weight excluding hydrogens is 356 g/mol. The standard InChI is InChI=1S/C18H15BrN2O2/c1-21(2)10-9-16(22)12-3-5-13(6-4-12)18-20-15-8-7-14(19)11-17(15)23-18/h3-11H,1-2H3/b10-9+. The number of hydrogen-bond acceptors (Lipinski definition) is 4. The average molecular weight is 371 g/mol. The Morgan fingerprint density at radius 1 is 1.17 bits per heavy atom. The SMILES string of the molecule is CN(C)/C=C/C(=O)c1ccc(-c2nc3ccc(Br)cc3o2)cc1. The van der Waals surface area contributed by atoms with Crippen molar-refractivity contribution < 1.29 is 9.21 Å². The van der Waals surface area contributed by atoms with E-state index in [4.69, 9.17) is 4.42 Å². The summed E-state index contributed by atoms with van der Waals surface area (Å²) in [5.74, 6) is 0.507. The van der Waals surface area contributed by atoms with Crippen LogP contribution < -0.4 is 0 Å². The van der Waals surface area contributed by atoms with E-state index in [0.717, 1.165) is 21.1 Å². The van der Waals surface area contributed by atoms with Gasteiger partial charge in [-0.25, -0.2) is 4.98 Å². The third-order valence-electron chi connectivity index (χ3n) is 3.29. The van der Waals surface area contributed by atoms with Gasteiger partial charge in [-0.3, -0.25) is 4.79 Å². The molecule has 3 aromatic rings. The molecule has 0 atom stereocenters. The summed E-state index contributed by atoms with van der Waals surface area (Å²) in [5, 5.41) is 0. The molecule has 4 nitrogen and oxygen atoms in total. The molecule has 1 aromatic heterocycles. The lowest BCUT2D eigenvalue weighted by Crippen LogP contribution is -2.03. The van der Waals surface area contributed by atoms with Crippen LogP contribution in [0.3, 0.4) is 0 Å². The van der Waals surface area contributed by atoms with E-state index < -0.39 is 0 Å². The monoisotopic (exact) mass is 370 g/mol. The second kappa shape index (κ2) is 6.38. The summed E-state index contributed by atoms with van der Waals surface area (Å²) in [6, 6.07) is 13.0. The molecule has 2 aromatic carbocycles. The van der Waals surface area contributed by atoms with Gasteiger partial charge in [-0.1, -0.05) is 28.1 Å². The van der Waals surface area contributed by atoms with Crippen molar-refractivity contribution in [2.45, 2.75) is 0 Å². The third-order valence-corrected chi connectivity index (χ3v) is 3.78. The van der Waals surface area contributed by atoms with E-state index in [1.54, 1.807) is 24.4 Å². The Hall–Kier alpha value is -2.40. The van der Waals surface area contributed by atoms with Gasteiger partial charge in [0.1, 0.15) is 5.52 Å². The van der Waals surface area contributed by atoms with Gasteiger partial charge < -0.3 is 9.32 Å². The van der Waals surface area contributed by atoms with Gasteiger partial charge in [-0.2, -0.15) is 0 Å². The maximum absolute atomic E-state index is 12.0. The predicted octanol–water partition coefficient (Wildman–Crippen LogP) is 4.52. The molecular formula is C18H15BrN2O2. The van der Waals surface area contributed by atoms with Gasteiger partial charge in [-0.15, -0.1) is 0 Å². The predicted molar refractivity (Wildman–Crippen MR) is 94.3 cm³/mol. The Morgan fingerprint density at radius 2 is 1.91 bits per heavy atom. The lowest BCUT2D eigenvalue weighted by molar-refractivity contribution is 0.104. The number of aromatic nitrogens is 1. The van der Waals surface area contributed by atoms with Gasteiger partial charge in [0.2, 0.25) is 5.89 Å². The average Bonchev–Trinajstić information content (AvgIpc) is 2.95. The smallest absolute Gasteiger partial charge is 0.227 e. The number of halogens is 1. The largest absolute Gasteiger partial charge is 0.436 e. The van der Waals surface area contributed by atoms with Crippen molar-refractivity contribution in [3.05, 3.63) is 64.8 Å². The molecule has 0 bridgehead atoms.